The van der Waals surface area contributed by atoms with Gasteiger partial charge >= 0.3 is 0 Å². The largest absolute Gasteiger partial charge is 0.482 e. The summed E-state index contributed by atoms with van der Waals surface area (Å²) in [6, 6.07) is 13.5. The zero-order valence-electron chi connectivity index (χ0n) is 17.7. The topological polar surface area (TPSA) is 58.6 Å². The van der Waals surface area contributed by atoms with Crippen LogP contribution >= 0.6 is 23.2 Å². The number of nitrogens with zero attached hydrogens (tertiary/aromatic N) is 1. The Bertz CT molecular complexity index is 863. The average molecular weight is 451 g/mol. The Morgan fingerprint density at radius 3 is 2.27 bits per heavy atom. The highest BCUT2D eigenvalue weighted by atomic mass is 35.5. The Morgan fingerprint density at radius 2 is 1.70 bits per heavy atom. The molecule has 0 aliphatic rings. The van der Waals surface area contributed by atoms with E-state index in [2.05, 4.69) is 5.32 Å². The number of carbonyl (C=O) groups is 2. The SMILES string of the molecule is CC[C@@H](C(=O)NC(C)(C)C)N(Cc1ccc(Cl)cc1)C(=O)COc1ccccc1Cl. The van der Waals surface area contributed by atoms with Crippen molar-refractivity contribution in [2.24, 2.45) is 0 Å². The van der Waals surface area contributed by atoms with Gasteiger partial charge in [0.25, 0.3) is 5.91 Å². The van der Waals surface area contributed by atoms with E-state index in [9.17, 15) is 9.59 Å². The van der Waals surface area contributed by atoms with E-state index in [1.165, 1.54) is 0 Å². The van der Waals surface area contributed by atoms with Crippen molar-refractivity contribution in [1.29, 1.82) is 0 Å². The van der Waals surface area contributed by atoms with Gasteiger partial charge < -0.3 is 15.0 Å². The molecule has 0 aliphatic heterocycles. The summed E-state index contributed by atoms with van der Waals surface area (Å²) >= 11 is 12.1. The maximum Gasteiger partial charge on any atom is 0.261 e. The van der Waals surface area contributed by atoms with E-state index in [1.54, 1.807) is 41.3 Å². The van der Waals surface area contributed by atoms with Crippen molar-refractivity contribution in [3.05, 3.63) is 64.1 Å². The van der Waals surface area contributed by atoms with Crippen LogP contribution < -0.4 is 10.1 Å². The second-order valence-corrected chi connectivity index (χ2v) is 8.87. The van der Waals surface area contributed by atoms with Crippen molar-refractivity contribution < 1.29 is 14.3 Å². The molecule has 30 heavy (non-hydrogen) atoms. The molecular formula is C23H28Cl2N2O3. The van der Waals surface area contributed by atoms with E-state index in [-0.39, 0.29) is 25.0 Å². The molecule has 0 heterocycles. The van der Waals surface area contributed by atoms with Crippen LogP contribution in [-0.2, 0) is 16.1 Å². The fourth-order valence-corrected chi connectivity index (χ4v) is 3.26. The normalized spacial score (nSPS) is 12.2. The minimum atomic E-state index is -0.637. The summed E-state index contributed by atoms with van der Waals surface area (Å²) in [5.74, 6) is -0.0861. The van der Waals surface area contributed by atoms with E-state index in [1.807, 2.05) is 39.8 Å². The van der Waals surface area contributed by atoms with Crippen molar-refractivity contribution in [2.45, 2.75) is 52.2 Å². The lowest BCUT2D eigenvalue weighted by Gasteiger charge is -2.33. The highest BCUT2D eigenvalue weighted by Crippen LogP contribution is 2.23. The summed E-state index contributed by atoms with van der Waals surface area (Å²) in [5.41, 5.74) is 0.459. The fraction of sp³-hybridized carbons (Fsp3) is 0.391. The quantitative estimate of drug-likeness (QED) is 0.608. The molecule has 1 N–H and O–H groups in total. The average Bonchev–Trinajstić information content (AvgIpc) is 2.67. The van der Waals surface area contributed by atoms with Crippen molar-refractivity contribution in [2.75, 3.05) is 6.61 Å². The molecule has 2 amide bonds. The number of halogens is 2. The molecule has 2 rings (SSSR count). The Labute approximate surface area is 188 Å². The molecule has 2 aromatic carbocycles. The van der Waals surface area contributed by atoms with E-state index in [4.69, 9.17) is 27.9 Å². The molecule has 162 valence electrons. The first-order chi connectivity index (χ1) is 14.1. The summed E-state index contributed by atoms with van der Waals surface area (Å²) in [7, 11) is 0. The van der Waals surface area contributed by atoms with Gasteiger partial charge in [-0.25, -0.2) is 0 Å². The van der Waals surface area contributed by atoms with Crippen LogP contribution in [0.1, 0.15) is 39.7 Å². The van der Waals surface area contributed by atoms with Gasteiger partial charge in [-0.05, 0) is 57.0 Å². The van der Waals surface area contributed by atoms with E-state index in [0.717, 1.165) is 5.56 Å². The number of rotatable bonds is 8. The minimum absolute atomic E-state index is 0.204. The molecule has 5 nitrogen and oxygen atoms in total. The summed E-state index contributed by atoms with van der Waals surface area (Å²) in [4.78, 5) is 27.6. The molecule has 7 heteroatoms. The van der Waals surface area contributed by atoms with Gasteiger partial charge in [-0.1, -0.05) is 54.4 Å². The van der Waals surface area contributed by atoms with Crippen molar-refractivity contribution in [3.63, 3.8) is 0 Å². The Hall–Kier alpha value is -2.24. The molecule has 0 radical (unpaired) electrons. The maximum absolute atomic E-state index is 13.1. The first-order valence-electron chi connectivity index (χ1n) is 9.84. The third-order valence-corrected chi connectivity index (χ3v) is 4.90. The van der Waals surface area contributed by atoms with Crippen LogP contribution in [0.2, 0.25) is 10.0 Å². The first-order valence-corrected chi connectivity index (χ1v) is 10.6. The Morgan fingerprint density at radius 1 is 1.07 bits per heavy atom. The predicted molar refractivity (Wildman–Crippen MR) is 121 cm³/mol. The summed E-state index contributed by atoms with van der Waals surface area (Å²) < 4.78 is 5.64. The molecule has 1 atom stereocenters. The standard InChI is InChI=1S/C23H28Cl2N2O3/c1-5-19(22(29)26-23(2,3)4)27(14-16-10-12-17(24)13-11-16)21(28)15-30-20-9-7-6-8-18(20)25/h6-13,19H,5,14-15H2,1-4H3,(H,26,29)/t19-/m0/s1. The second-order valence-electron chi connectivity index (χ2n) is 8.03. The summed E-state index contributed by atoms with van der Waals surface area (Å²) in [5, 5.41) is 4.00. The zero-order chi connectivity index (χ0) is 22.3. The minimum Gasteiger partial charge on any atom is -0.482 e. The Balaban J connectivity index is 2.24. The number of hydrogen-bond donors (Lipinski definition) is 1. The Kier molecular flexibility index (Phi) is 8.56. The van der Waals surface area contributed by atoms with Crippen LogP contribution in [0.15, 0.2) is 48.5 Å². The van der Waals surface area contributed by atoms with Crippen LogP contribution in [0.4, 0.5) is 0 Å². The predicted octanol–water partition coefficient (Wildman–Crippen LogP) is 5.09. The number of hydrogen-bond acceptors (Lipinski definition) is 3. The van der Waals surface area contributed by atoms with Gasteiger partial charge in [0.05, 0.1) is 5.02 Å². The van der Waals surface area contributed by atoms with Gasteiger partial charge in [0.1, 0.15) is 11.8 Å². The number of amides is 2. The number of para-hydroxylation sites is 1. The maximum atomic E-state index is 13.1. The number of ether oxygens (including phenoxy) is 1. The fourth-order valence-electron chi connectivity index (χ4n) is 2.94. The third-order valence-electron chi connectivity index (χ3n) is 4.34. The summed E-state index contributed by atoms with van der Waals surface area (Å²) in [6.07, 6.45) is 0.466. The van der Waals surface area contributed by atoms with Crippen LogP contribution in [0.3, 0.4) is 0 Å². The van der Waals surface area contributed by atoms with Crippen LogP contribution in [0.25, 0.3) is 0 Å². The van der Waals surface area contributed by atoms with Crippen molar-refractivity contribution in [3.8, 4) is 5.75 Å². The number of carbonyl (C=O) groups excluding carboxylic acids is 2. The lowest BCUT2D eigenvalue weighted by molar-refractivity contribution is -0.143. The second kappa shape index (κ2) is 10.7. The highest BCUT2D eigenvalue weighted by Gasteiger charge is 2.31. The van der Waals surface area contributed by atoms with E-state index >= 15 is 0 Å². The molecule has 0 unspecified atom stereocenters. The molecule has 0 saturated heterocycles. The zero-order valence-corrected chi connectivity index (χ0v) is 19.3. The lowest BCUT2D eigenvalue weighted by Crippen LogP contribution is -2.54. The number of benzene rings is 2. The van der Waals surface area contributed by atoms with Crippen LogP contribution in [0, 0.1) is 0 Å². The van der Waals surface area contributed by atoms with Gasteiger partial charge in [-0.2, -0.15) is 0 Å². The molecule has 0 aliphatic carbocycles. The van der Waals surface area contributed by atoms with Crippen molar-refractivity contribution >= 4 is 35.0 Å². The van der Waals surface area contributed by atoms with Gasteiger partial charge in [-0.3, -0.25) is 9.59 Å². The lowest BCUT2D eigenvalue weighted by atomic mass is 10.1. The third kappa shape index (κ3) is 7.22. The van der Waals surface area contributed by atoms with Gasteiger partial charge in [-0.15, -0.1) is 0 Å². The van der Waals surface area contributed by atoms with Crippen LogP contribution in [0.5, 0.6) is 5.75 Å². The molecule has 0 bridgehead atoms. The van der Waals surface area contributed by atoms with Gasteiger partial charge in [0.15, 0.2) is 6.61 Å². The molecule has 0 saturated carbocycles. The molecule has 2 aromatic rings. The molecular weight excluding hydrogens is 423 g/mol. The van der Waals surface area contributed by atoms with E-state index < -0.39 is 11.6 Å². The summed E-state index contributed by atoms with van der Waals surface area (Å²) in [6.45, 7) is 7.63. The van der Waals surface area contributed by atoms with Crippen molar-refractivity contribution in [1.82, 2.24) is 10.2 Å². The highest BCUT2D eigenvalue weighted by molar-refractivity contribution is 6.32. The molecule has 0 spiro atoms. The van der Waals surface area contributed by atoms with E-state index in [0.29, 0.717) is 22.2 Å². The monoisotopic (exact) mass is 450 g/mol. The smallest absolute Gasteiger partial charge is 0.261 e. The van der Waals surface area contributed by atoms with Crippen LogP contribution in [-0.4, -0.2) is 34.9 Å². The molecule has 0 fully saturated rings. The first kappa shape index (κ1) is 24.0. The van der Waals surface area contributed by atoms with Gasteiger partial charge in [0.2, 0.25) is 5.91 Å². The molecule has 0 aromatic heterocycles. The number of nitrogens with one attached hydrogen (secondary N) is 1. The van der Waals surface area contributed by atoms with Gasteiger partial charge in [0, 0.05) is 17.1 Å².